The first-order valence-electron chi connectivity index (χ1n) is 6.51. The van der Waals surface area contributed by atoms with Crippen LogP contribution in [0.15, 0.2) is 34.7 Å². The summed E-state index contributed by atoms with van der Waals surface area (Å²) in [6.07, 6.45) is 1.60. The maximum Gasteiger partial charge on any atom is 0.433 e. The van der Waals surface area contributed by atoms with Crippen LogP contribution in [0.2, 0.25) is 0 Å². The molecule has 1 amide bonds. The molecule has 3 rings (SSSR count). The molecule has 0 radical (unpaired) electrons. The Morgan fingerprint density at radius 3 is 2.86 bits per heavy atom. The molecule has 0 saturated carbocycles. The second-order valence-corrected chi connectivity index (χ2v) is 4.80. The van der Waals surface area contributed by atoms with E-state index in [0.29, 0.717) is 12.2 Å². The fourth-order valence-corrected chi connectivity index (χ4v) is 2.54. The Morgan fingerprint density at radius 1 is 1.33 bits per heavy atom. The average molecular weight is 287 g/mol. The van der Waals surface area contributed by atoms with Gasteiger partial charge in [-0.05, 0) is 36.6 Å². The minimum Gasteiger partial charge on any atom is -0.398 e. The molecule has 2 N–H and O–H groups in total. The monoisotopic (exact) mass is 287 g/mol. The van der Waals surface area contributed by atoms with Gasteiger partial charge in [0.1, 0.15) is 4.92 Å². The zero-order valence-electron chi connectivity index (χ0n) is 11.1. The summed E-state index contributed by atoms with van der Waals surface area (Å²) in [7, 11) is 0. The highest BCUT2D eigenvalue weighted by Crippen LogP contribution is 2.32. The zero-order valence-corrected chi connectivity index (χ0v) is 11.1. The van der Waals surface area contributed by atoms with E-state index in [4.69, 9.17) is 10.2 Å². The topological polar surface area (TPSA) is 103 Å². The fourth-order valence-electron chi connectivity index (χ4n) is 2.54. The molecule has 1 aliphatic rings. The minimum atomic E-state index is -0.668. The predicted molar refractivity (Wildman–Crippen MR) is 76.2 cm³/mol. The number of anilines is 2. The van der Waals surface area contributed by atoms with Gasteiger partial charge in [-0.3, -0.25) is 14.9 Å². The summed E-state index contributed by atoms with van der Waals surface area (Å²) in [4.78, 5) is 24.0. The van der Waals surface area contributed by atoms with Crippen molar-refractivity contribution in [3.63, 3.8) is 0 Å². The lowest BCUT2D eigenvalue weighted by molar-refractivity contribution is -0.402. The van der Waals surface area contributed by atoms with E-state index < -0.39 is 16.7 Å². The number of nitro groups is 1. The van der Waals surface area contributed by atoms with Crippen LogP contribution in [0, 0.1) is 10.1 Å². The summed E-state index contributed by atoms with van der Waals surface area (Å²) in [5.41, 5.74) is 8.25. The number of carbonyl (C=O) groups excluding carboxylic acids is 1. The second-order valence-electron chi connectivity index (χ2n) is 4.80. The molecule has 0 atom stereocenters. The van der Waals surface area contributed by atoms with Crippen molar-refractivity contribution in [3.8, 4) is 0 Å². The van der Waals surface area contributed by atoms with Gasteiger partial charge in [0.05, 0.1) is 6.07 Å². The Balaban J connectivity index is 1.96. The number of rotatable bonds is 2. The molecular formula is C14H13N3O4. The predicted octanol–water partition coefficient (Wildman–Crippen LogP) is 2.36. The molecule has 21 heavy (non-hydrogen) atoms. The third-order valence-electron chi connectivity index (χ3n) is 3.51. The summed E-state index contributed by atoms with van der Waals surface area (Å²) in [6.45, 7) is 0.532. The number of nitrogens with two attached hydrogens (primary N) is 1. The van der Waals surface area contributed by atoms with Gasteiger partial charge >= 0.3 is 5.88 Å². The second kappa shape index (κ2) is 4.93. The normalized spacial score (nSPS) is 13.8. The van der Waals surface area contributed by atoms with E-state index in [1.165, 1.54) is 12.1 Å². The molecular weight excluding hydrogens is 274 g/mol. The largest absolute Gasteiger partial charge is 0.433 e. The van der Waals surface area contributed by atoms with Gasteiger partial charge < -0.3 is 15.1 Å². The minimum absolute atomic E-state index is 0.0445. The molecule has 2 heterocycles. The van der Waals surface area contributed by atoms with Crippen LogP contribution in [-0.2, 0) is 6.42 Å². The Kier molecular flexibility index (Phi) is 3.09. The molecule has 2 aromatic rings. The van der Waals surface area contributed by atoms with E-state index in [2.05, 4.69) is 0 Å². The quantitative estimate of drug-likeness (QED) is 0.519. The van der Waals surface area contributed by atoms with Crippen LogP contribution in [0.1, 0.15) is 22.5 Å². The third kappa shape index (κ3) is 2.22. The van der Waals surface area contributed by atoms with E-state index in [0.717, 1.165) is 24.1 Å². The van der Waals surface area contributed by atoms with Gasteiger partial charge in [0.15, 0.2) is 5.76 Å². The Hall–Kier alpha value is -2.83. The van der Waals surface area contributed by atoms with Crippen LogP contribution in [0.25, 0.3) is 0 Å². The molecule has 0 spiro atoms. The molecule has 7 nitrogen and oxygen atoms in total. The molecule has 0 aliphatic carbocycles. The molecule has 1 aromatic carbocycles. The van der Waals surface area contributed by atoms with Crippen LogP contribution in [0.4, 0.5) is 17.3 Å². The summed E-state index contributed by atoms with van der Waals surface area (Å²) in [5.74, 6) is -0.880. The van der Waals surface area contributed by atoms with Gasteiger partial charge in [0, 0.05) is 17.9 Å². The number of benzene rings is 1. The maximum atomic E-state index is 12.5. The van der Waals surface area contributed by atoms with Crippen molar-refractivity contribution in [2.75, 3.05) is 17.2 Å². The summed E-state index contributed by atoms with van der Waals surface area (Å²) in [5, 5.41) is 10.6. The SMILES string of the molecule is Nc1cccc2c1CCCN2C(=O)c1ccc([N+](=O)[O-])o1. The average Bonchev–Trinajstić information content (AvgIpc) is 2.96. The van der Waals surface area contributed by atoms with E-state index in [-0.39, 0.29) is 5.76 Å². The number of amides is 1. The van der Waals surface area contributed by atoms with Crippen molar-refractivity contribution in [1.29, 1.82) is 0 Å². The van der Waals surface area contributed by atoms with E-state index in [1.807, 2.05) is 6.07 Å². The highest BCUT2D eigenvalue weighted by atomic mass is 16.6. The van der Waals surface area contributed by atoms with Crippen LogP contribution in [-0.4, -0.2) is 17.4 Å². The van der Waals surface area contributed by atoms with Gasteiger partial charge in [-0.2, -0.15) is 0 Å². The van der Waals surface area contributed by atoms with Crippen molar-refractivity contribution in [1.82, 2.24) is 0 Å². The van der Waals surface area contributed by atoms with Crippen molar-refractivity contribution in [2.24, 2.45) is 0 Å². The lowest BCUT2D eigenvalue weighted by atomic mass is 9.99. The van der Waals surface area contributed by atoms with Crippen molar-refractivity contribution >= 4 is 23.2 Å². The fraction of sp³-hybridized carbons (Fsp3) is 0.214. The highest BCUT2D eigenvalue weighted by molar-refractivity contribution is 6.05. The van der Waals surface area contributed by atoms with E-state index in [9.17, 15) is 14.9 Å². The first-order chi connectivity index (χ1) is 10.1. The number of furan rings is 1. The standard InChI is InChI=1S/C14H13N3O4/c15-10-4-1-5-11-9(10)3-2-8-16(11)14(18)12-6-7-13(21-12)17(19)20/h1,4-7H,2-3,8,15H2. The Labute approximate surface area is 120 Å². The summed E-state index contributed by atoms with van der Waals surface area (Å²) >= 11 is 0. The van der Waals surface area contributed by atoms with Gasteiger partial charge in [-0.25, -0.2) is 0 Å². The van der Waals surface area contributed by atoms with Crippen molar-refractivity contribution < 1.29 is 14.1 Å². The molecule has 0 unspecified atom stereocenters. The molecule has 1 aromatic heterocycles. The number of nitrogen functional groups attached to an aromatic ring is 1. The van der Waals surface area contributed by atoms with E-state index >= 15 is 0 Å². The van der Waals surface area contributed by atoms with Crippen molar-refractivity contribution in [2.45, 2.75) is 12.8 Å². The Bertz CT molecular complexity index is 723. The smallest absolute Gasteiger partial charge is 0.398 e. The van der Waals surface area contributed by atoms with Gasteiger partial charge in [0.25, 0.3) is 5.91 Å². The number of nitrogens with zero attached hydrogens (tertiary/aromatic N) is 2. The lowest BCUT2D eigenvalue weighted by Crippen LogP contribution is -2.35. The number of fused-ring (bicyclic) bond motifs is 1. The number of carbonyl (C=O) groups is 1. The first-order valence-corrected chi connectivity index (χ1v) is 6.51. The highest BCUT2D eigenvalue weighted by Gasteiger charge is 2.27. The molecule has 0 bridgehead atoms. The molecule has 7 heteroatoms. The molecule has 0 saturated heterocycles. The van der Waals surface area contributed by atoms with Crippen LogP contribution in [0.5, 0.6) is 0 Å². The van der Waals surface area contributed by atoms with E-state index in [1.54, 1.807) is 17.0 Å². The maximum absolute atomic E-state index is 12.5. The first kappa shape index (κ1) is 13.2. The third-order valence-corrected chi connectivity index (χ3v) is 3.51. The van der Waals surface area contributed by atoms with Gasteiger partial charge in [-0.1, -0.05) is 6.07 Å². The van der Waals surface area contributed by atoms with Gasteiger partial charge in [0.2, 0.25) is 0 Å². The van der Waals surface area contributed by atoms with Gasteiger partial charge in [-0.15, -0.1) is 0 Å². The molecule has 108 valence electrons. The molecule has 1 aliphatic heterocycles. The summed E-state index contributed by atoms with van der Waals surface area (Å²) in [6, 6.07) is 7.90. The van der Waals surface area contributed by atoms with Crippen LogP contribution >= 0.6 is 0 Å². The number of hydrogen-bond donors (Lipinski definition) is 1. The van der Waals surface area contributed by atoms with Crippen LogP contribution in [0.3, 0.4) is 0 Å². The Morgan fingerprint density at radius 2 is 2.14 bits per heavy atom. The lowest BCUT2D eigenvalue weighted by Gasteiger charge is -2.29. The van der Waals surface area contributed by atoms with Crippen LogP contribution < -0.4 is 10.6 Å². The number of hydrogen-bond acceptors (Lipinski definition) is 5. The molecule has 0 fully saturated rings. The summed E-state index contributed by atoms with van der Waals surface area (Å²) < 4.78 is 4.98. The van der Waals surface area contributed by atoms with Crippen molar-refractivity contribution in [3.05, 3.63) is 51.8 Å². The zero-order chi connectivity index (χ0) is 15.0.